The summed E-state index contributed by atoms with van der Waals surface area (Å²) >= 11 is 0. The minimum Gasteiger partial charge on any atom is -0.508 e. The maximum atomic E-state index is 12.9. The van der Waals surface area contributed by atoms with Gasteiger partial charge in [0.25, 0.3) is 5.91 Å². The van der Waals surface area contributed by atoms with Crippen LogP contribution in [0, 0.1) is 0 Å². The zero-order valence-electron chi connectivity index (χ0n) is 20.7. The largest absolute Gasteiger partial charge is 0.508 e. The van der Waals surface area contributed by atoms with Crippen LogP contribution < -0.4 is 0 Å². The maximum Gasteiger partial charge on any atom is 0.253 e. The van der Waals surface area contributed by atoms with Gasteiger partial charge in [-0.15, -0.1) is 6.58 Å². The van der Waals surface area contributed by atoms with Gasteiger partial charge in [-0.2, -0.15) is 0 Å². The Morgan fingerprint density at radius 2 is 1.82 bits per heavy atom. The number of aromatic hydroxyl groups is 1. The van der Waals surface area contributed by atoms with Crippen molar-refractivity contribution >= 4 is 5.91 Å². The molecule has 182 valence electrons. The Morgan fingerprint density at radius 3 is 2.50 bits per heavy atom. The summed E-state index contributed by atoms with van der Waals surface area (Å²) in [6, 6.07) is 16.9. The highest BCUT2D eigenvalue weighted by atomic mass is 16.3. The molecule has 0 saturated carbocycles. The number of carbonyl (C=O) groups excluding carboxylic acids is 1. The molecule has 2 aromatic rings. The summed E-state index contributed by atoms with van der Waals surface area (Å²) in [4.78, 5) is 20.0. The first kappa shape index (κ1) is 24.5. The molecule has 3 atom stereocenters. The van der Waals surface area contributed by atoms with Gasteiger partial charge in [0.1, 0.15) is 5.75 Å². The van der Waals surface area contributed by atoms with Gasteiger partial charge < -0.3 is 10.0 Å². The Balaban J connectivity index is 1.72. The second kappa shape index (κ2) is 11.2. The fourth-order valence-electron chi connectivity index (χ4n) is 5.89. The van der Waals surface area contributed by atoms with Crippen LogP contribution in [0.15, 0.2) is 61.2 Å². The van der Waals surface area contributed by atoms with Gasteiger partial charge in [-0.1, -0.05) is 36.8 Å². The molecule has 2 heterocycles. The molecular weight excluding hydrogens is 422 g/mol. The minimum atomic E-state index is 0.0451. The molecule has 2 saturated heterocycles. The number of phenolic OH excluding ortho intramolecular Hbond substituents is 1. The van der Waals surface area contributed by atoms with E-state index in [0.29, 0.717) is 30.9 Å². The summed E-state index contributed by atoms with van der Waals surface area (Å²) in [7, 11) is 0. The molecule has 5 nitrogen and oxygen atoms in total. The van der Waals surface area contributed by atoms with Crippen molar-refractivity contribution in [2.45, 2.75) is 57.7 Å². The normalized spacial score (nSPS) is 22.1. The molecule has 0 radical (unpaired) electrons. The number of benzene rings is 2. The lowest BCUT2D eigenvalue weighted by Gasteiger charge is -2.46. The highest BCUT2D eigenvalue weighted by molar-refractivity contribution is 5.94. The molecule has 3 unspecified atom stereocenters. The van der Waals surface area contributed by atoms with E-state index in [4.69, 9.17) is 0 Å². The summed E-state index contributed by atoms with van der Waals surface area (Å²) in [5.74, 6) is 0.376. The number of hydrogen-bond donors (Lipinski definition) is 1. The van der Waals surface area contributed by atoms with Crippen LogP contribution in [0.25, 0.3) is 0 Å². The highest BCUT2D eigenvalue weighted by Crippen LogP contribution is 2.40. The lowest BCUT2D eigenvalue weighted by Crippen LogP contribution is -2.50. The molecule has 0 spiro atoms. The van der Waals surface area contributed by atoms with Crippen molar-refractivity contribution in [2.75, 3.05) is 32.7 Å². The number of fused-ring (bicyclic) bond motifs is 2. The molecule has 4 rings (SSSR count). The van der Waals surface area contributed by atoms with Crippen molar-refractivity contribution in [2.24, 2.45) is 0 Å². The molecule has 2 bridgehead atoms. The summed E-state index contributed by atoms with van der Waals surface area (Å²) in [5, 5.41) is 10.3. The van der Waals surface area contributed by atoms with E-state index in [1.165, 1.54) is 24.8 Å². The third-order valence-corrected chi connectivity index (χ3v) is 7.56. The van der Waals surface area contributed by atoms with E-state index in [1.54, 1.807) is 6.07 Å². The Labute approximate surface area is 204 Å². The molecule has 2 aliphatic heterocycles. The van der Waals surface area contributed by atoms with E-state index in [2.05, 4.69) is 34.6 Å². The molecule has 1 amide bonds. The Morgan fingerprint density at radius 1 is 1.09 bits per heavy atom. The fourth-order valence-corrected chi connectivity index (χ4v) is 5.89. The van der Waals surface area contributed by atoms with Crippen molar-refractivity contribution in [3.63, 3.8) is 0 Å². The number of carbonyl (C=O) groups is 1. The van der Waals surface area contributed by atoms with Crippen molar-refractivity contribution in [3.05, 3.63) is 77.9 Å². The first-order valence-electron chi connectivity index (χ1n) is 12.8. The molecule has 0 aliphatic carbocycles. The van der Waals surface area contributed by atoms with Gasteiger partial charge in [0, 0.05) is 50.4 Å². The van der Waals surface area contributed by atoms with Crippen molar-refractivity contribution in [1.82, 2.24) is 14.7 Å². The molecule has 1 N–H and O–H groups in total. The Hall–Kier alpha value is -2.63. The lowest BCUT2D eigenvalue weighted by atomic mass is 9.87. The smallest absolute Gasteiger partial charge is 0.253 e. The minimum absolute atomic E-state index is 0.0451. The van der Waals surface area contributed by atoms with Crippen LogP contribution in [0.1, 0.15) is 67.1 Å². The number of rotatable bonds is 8. The second-order valence-corrected chi connectivity index (χ2v) is 9.62. The number of piperidine rings is 1. The van der Waals surface area contributed by atoms with Crippen LogP contribution in [0.2, 0.25) is 0 Å². The molecule has 2 aliphatic rings. The SMILES string of the molecule is C=CCN1CCC2CCCC(C1)N2C(c1ccc(C(=O)N(CC)CC)cc1)c1cccc(O)c1. The van der Waals surface area contributed by atoms with E-state index in [0.717, 1.165) is 37.2 Å². The van der Waals surface area contributed by atoms with Crippen LogP contribution in [0.3, 0.4) is 0 Å². The molecule has 2 fully saturated rings. The van der Waals surface area contributed by atoms with E-state index < -0.39 is 0 Å². The summed E-state index contributed by atoms with van der Waals surface area (Å²) in [6.07, 6.45) is 6.79. The summed E-state index contributed by atoms with van der Waals surface area (Å²) in [6.45, 7) is 12.5. The quantitative estimate of drug-likeness (QED) is 0.557. The molecule has 2 aromatic carbocycles. The summed E-state index contributed by atoms with van der Waals surface area (Å²) in [5.41, 5.74) is 3.02. The van der Waals surface area contributed by atoms with Crippen LogP contribution in [-0.2, 0) is 0 Å². The van der Waals surface area contributed by atoms with E-state index in [1.807, 2.05) is 49.1 Å². The first-order chi connectivity index (χ1) is 16.5. The van der Waals surface area contributed by atoms with Crippen LogP contribution in [0.5, 0.6) is 5.75 Å². The topological polar surface area (TPSA) is 47.0 Å². The van der Waals surface area contributed by atoms with Gasteiger partial charge in [-0.05, 0) is 68.5 Å². The molecule has 5 heteroatoms. The molecular formula is C29H39N3O2. The van der Waals surface area contributed by atoms with Gasteiger partial charge >= 0.3 is 0 Å². The van der Waals surface area contributed by atoms with Gasteiger partial charge in [-0.3, -0.25) is 14.6 Å². The highest BCUT2D eigenvalue weighted by Gasteiger charge is 2.39. The number of nitrogens with zero attached hydrogens (tertiary/aromatic N) is 3. The number of phenols is 1. The molecule has 0 aromatic heterocycles. The van der Waals surface area contributed by atoms with Crippen LogP contribution in [-0.4, -0.2) is 70.5 Å². The van der Waals surface area contributed by atoms with Gasteiger partial charge in [-0.25, -0.2) is 0 Å². The predicted octanol–water partition coefficient (Wildman–Crippen LogP) is 5.08. The van der Waals surface area contributed by atoms with Crippen LogP contribution >= 0.6 is 0 Å². The third-order valence-electron chi connectivity index (χ3n) is 7.56. The number of hydrogen-bond acceptors (Lipinski definition) is 4. The second-order valence-electron chi connectivity index (χ2n) is 9.62. The van der Waals surface area contributed by atoms with Gasteiger partial charge in [0.15, 0.2) is 0 Å². The predicted molar refractivity (Wildman–Crippen MR) is 138 cm³/mol. The van der Waals surface area contributed by atoms with Gasteiger partial charge in [0.05, 0.1) is 6.04 Å². The van der Waals surface area contributed by atoms with Crippen molar-refractivity contribution in [3.8, 4) is 5.75 Å². The van der Waals surface area contributed by atoms with E-state index in [-0.39, 0.29) is 11.9 Å². The fraction of sp³-hybridized carbons (Fsp3) is 0.483. The van der Waals surface area contributed by atoms with Gasteiger partial charge in [0.2, 0.25) is 0 Å². The van der Waals surface area contributed by atoms with Crippen LogP contribution in [0.4, 0.5) is 0 Å². The van der Waals surface area contributed by atoms with E-state index >= 15 is 0 Å². The standard InChI is InChI=1S/C29H39N3O2/c1-4-18-30-19-17-25-10-8-11-26(21-30)32(25)28(24-9-7-12-27(33)20-24)22-13-15-23(16-14-22)29(34)31(5-2)6-3/h4,7,9,12-16,20,25-26,28,33H,1,5-6,8,10-11,17-19,21H2,2-3H3. The molecule has 34 heavy (non-hydrogen) atoms. The Bertz CT molecular complexity index is 970. The summed E-state index contributed by atoms with van der Waals surface area (Å²) < 4.78 is 0. The zero-order valence-corrected chi connectivity index (χ0v) is 20.7. The number of amides is 1. The average molecular weight is 462 g/mol. The first-order valence-corrected chi connectivity index (χ1v) is 12.8. The average Bonchev–Trinajstić information content (AvgIpc) is 2.93. The third kappa shape index (κ3) is 5.21. The van der Waals surface area contributed by atoms with Crippen molar-refractivity contribution in [1.29, 1.82) is 0 Å². The Kier molecular flexibility index (Phi) is 8.07. The lowest BCUT2D eigenvalue weighted by molar-refractivity contribution is 0.0562. The van der Waals surface area contributed by atoms with Crippen molar-refractivity contribution < 1.29 is 9.90 Å². The zero-order chi connectivity index (χ0) is 24.1. The van der Waals surface area contributed by atoms with E-state index in [9.17, 15) is 9.90 Å². The maximum absolute atomic E-state index is 12.9. The monoisotopic (exact) mass is 461 g/mol.